The molecule has 29 heavy (non-hydrogen) atoms. The van der Waals surface area contributed by atoms with E-state index in [0.29, 0.717) is 30.8 Å². The number of anilines is 2. The number of carboxylic acid groups (broad SMARTS) is 1. The van der Waals surface area contributed by atoms with Gasteiger partial charge in [0.2, 0.25) is 5.91 Å². The second-order valence-corrected chi connectivity index (χ2v) is 7.12. The van der Waals surface area contributed by atoms with Gasteiger partial charge in [0.15, 0.2) is 6.61 Å². The molecule has 3 rings (SSSR count). The zero-order valence-electron chi connectivity index (χ0n) is 16.3. The molecule has 2 aromatic carbocycles. The first kappa shape index (κ1) is 20.4. The first-order chi connectivity index (χ1) is 13.9. The number of carboxylic acids is 1. The molecule has 1 unspecified atom stereocenters. The summed E-state index contributed by atoms with van der Waals surface area (Å²) in [6, 6.07) is 14.2. The smallest absolute Gasteiger partial charge is 0.306 e. The van der Waals surface area contributed by atoms with Crippen LogP contribution in [0, 0.1) is 5.92 Å². The van der Waals surface area contributed by atoms with Gasteiger partial charge in [0, 0.05) is 30.4 Å². The highest BCUT2D eigenvalue weighted by Gasteiger charge is 2.21. The molecule has 1 aliphatic heterocycles. The maximum Gasteiger partial charge on any atom is 0.306 e. The summed E-state index contributed by atoms with van der Waals surface area (Å²) < 4.78 is 5.56. The molecule has 1 heterocycles. The van der Waals surface area contributed by atoms with E-state index in [1.807, 2.05) is 6.07 Å². The Labute approximate surface area is 169 Å². The fourth-order valence-corrected chi connectivity index (χ4v) is 3.17. The molecule has 0 bridgehead atoms. The van der Waals surface area contributed by atoms with Gasteiger partial charge in [-0.1, -0.05) is 25.1 Å². The number of carbonyl (C=O) groups excluding carboxylic acids is 2. The van der Waals surface area contributed by atoms with Crippen molar-refractivity contribution in [3.63, 3.8) is 0 Å². The largest absolute Gasteiger partial charge is 0.484 e. The van der Waals surface area contributed by atoms with E-state index < -0.39 is 11.9 Å². The molecule has 2 aromatic rings. The van der Waals surface area contributed by atoms with Crippen LogP contribution in [0.4, 0.5) is 11.4 Å². The third kappa shape index (κ3) is 5.57. The van der Waals surface area contributed by atoms with Gasteiger partial charge in [0.1, 0.15) is 5.75 Å². The average molecular weight is 396 g/mol. The highest BCUT2D eigenvalue weighted by atomic mass is 16.5. The number of carbonyl (C=O) groups is 3. The summed E-state index contributed by atoms with van der Waals surface area (Å²) in [4.78, 5) is 36.7. The molecule has 152 valence electrons. The fourth-order valence-electron chi connectivity index (χ4n) is 3.17. The van der Waals surface area contributed by atoms with Gasteiger partial charge in [-0.3, -0.25) is 14.4 Å². The monoisotopic (exact) mass is 396 g/mol. The molecule has 1 saturated heterocycles. The van der Waals surface area contributed by atoms with Crippen molar-refractivity contribution in [2.45, 2.75) is 26.2 Å². The van der Waals surface area contributed by atoms with Crippen LogP contribution < -0.4 is 15.0 Å². The molecule has 7 heteroatoms. The van der Waals surface area contributed by atoms with Gasteiger partial charge in [-0.2, -0.15) is 0 Å². The molecule has 2 amide bonds. The standard InChI is InChI=1S/C22H24N2O5/c1-15(22(27)28)12-16-7-9-17(10-8-16)23-20(25)14-29-19-5-2-4-18(13-19)24-11-3-6-21(24)26/h2,4-5,7-10,13,15H,3,6,11-12,14H2,1H3,(H,23,25)(H,27,28). The Morgan fingerprint density at radius 2 is 1.97 bits per heavy atom. The van der Waals surface area contributed by atoms with Crippen molar-refractivity contribution in [2.24, 2.45) is 5.92 Å². The van der Waals surface area contributed by atoms with Gasteiger partial charge in [0.05, 0.1) is 5.92 Å². The second kappa shape index (κ2) is 9.23. The van der Waals surface area contributed by atoms with E-state index in [1.54, 1.807) is 54.3 Å². The molecule has 0 radical (unpaired) electrons. The van der Waals surface area contributed by atoms with E-state index in [2.05, 4.69) is 5.32 Å². The zero-order chi connectivity index (χ0) is 20.8. The summed E-state index contributed by atoms with van der Waals surface area (Å²) in [5.74, 6) is -0.982. The Kier molecular flexibility index (Phi) is 6.49. The molecular weight excluding hydrogens is 372 g/mol. The van der Waals surface area contributed by atoms with Crippen molar-refractivity contribution >= 4 is 29.2 Å². The van der Waals surface area contributed by atoms with Crippen LogP contribution in [-0.2, 0) is 20.8 Å². The van der Waals surface area contributed by atoms with E-state index in [0.717, 1.165) is 17.7 Å². The van der Waals surface area contributed by atoms with Crippen LogP contribution in [-0.4, -0.2) is 36.0 Å². The molecular formula is C22H24N2O5. The minimum atomic E-state index is -0.835. The van der Waals surface area contributed by atoms with E-state index in [4.69, 9.17) is 9.84 Å². The van der Waals surface area contributed by atoms with E-state index in [9.17, 15) is 14.4 Å². The minimum absolute atomic E-state index is 0.0982. The first-order valence-electron chi connectivity index (χ1n) is 9.57. The van der Waals surface area contributed by atoms with Crippen LogP contribution in [0.5, 0.6) is 5.75 Å². The summed E-state index contributed by atoms with van der Waals surface area (Å²) in [5.41, 5.74) is 2.28. The van der Waals surface area contributed by atoms with Crippen molar-refractivity contribution in [2.75, 3.05) is 23.4 Å². The lowest BCUT2D eigenvalue weighted by atomic mass is 10.0. The van der Waals surface area contributed by atoms with Crippen LogP contribution in [0.3, 0.4) is 0 Å². The molecule has 1 atom stereocenters. The topological polar surface area (TPSA) is 95.9 Å². The number of nitrogens with zero attached hydrogens (tertiary/aromatic N) is 1. The normalized spacial score (nSPS) is 14.5. The molecule has 0 aromatic heterocycles. The molecule has 7 nitrogen and oxygen atoms in total. The van der Waals surface area contributed by atoms with Gasteiger partial charge in [-0.05, 0) is 42.7 Å². The van der Waals surface area contributed by atoms with Crippen LogP contribution in [0.15, 0.2) is 48.5 Å². The van der Waals surface area contributed by atoms with Crippen molar-refractivity contribution in [1.82, 2.24) is 0 Å². The summed E-state index contributed by atoms with van der Waals surface area (Å²) >= 11 is 0. The van der Waals surface area contributed by atoms with Crippen molar-refractivity contribution in [3.05, 3.63) is 54.1 Å². The number of hydrogen-bond acceptors (Lipinski definition) is 4. The zero-order valence-corrected chi connectivity index (χ0v) is 16.3. The second-order valence-electron chi connectivity index (χ2n) is 7.12. The fraction of sp³-hybridized carbons (Fsp3) is 0.318. The molecule has 0 saturated carbocycles. The van der Waals surface area contributed by atoms with Crippen molar-refractivity contribution in [3.8, 4) is 5.75 Å². The Balaban J connectivity index is 1.51. The Morgan fingerprint density at radius 1 is 1.21 bits per heavy atom. The number of nitrogens with one attached hydrogen (secondary N) is 1. The third-order valence-electron chi connectivity index (χ3n) is 4.77. The average Bonchev–Trinajstić information content (AvgIpc) is 3.14. The van der Waals surface area contributed by atoms with Crippen LogP contribution in [0.1, 0.15) is 25.3 Å². The maximum absolute atomic E-state index is 12.2. The SMILES string of the molecule is CC(Cc1ccc(NC(=O)COc2cccc(N3CCCC3=O)c2)cc1)C(=O)O. The van der Waals surface area contributed by atoms with Crippen LogP contribution in [0.25, 0.3) is 0 Å². The molecule has 2 N–H and O–H groups in total. The van der Waals surface area contributed by atoms with Gasteiger partial charge in [-0.25, -0.2) is 0 Å². The quantitative estimate of drug-likeness (QED) is 0.715. The molecule has 0 aliphatic carbocycles. The maximum atomic E-state index is 12.2. The van der Waals surface area contributed by atoms with Crippen LogP contribution >= 0.6 is 0 Å². The summed E-state index contributed by atoms with van der Waals surface area (Å²) in [5, 5.41) is 11.7. The number of rotatable bonds is 8. The van der Waals surface area contributed by atoms with Gasteiger partial charge in [-0.15, -0.1) is 0 Å². The summed E-state index contributed by atoms with van der Waals surface area (Å²) in [7, 11) is 0. The van der Waals surface area contributed by atoms with E-state index >= 15 is 0 Å². The predicted octanol–water partition coefficient (Wildman–Crippen LogP) is 3.09. The van der Waals surface area contributed by atoms with E-state index in [1.165, 1.54) is 0 Å². The van der Waals surface area contributed by atoms with Crippen molar-refractivity contribution < 1.29 is 24.2 Å². The lowest BCUT2D eigenvalue weighted by molar-refractivity contribution is -0.141. The lowest BCUT2D eigenvalue weighted by Crippen LogP contribution is -2.24. The predicted molar refractivity (Wildman–Crippen MR) is 109 cm³/mol. The Hall–Kier alpha value is -3.35. The third-order valence-corrected chi connectivity index (χ3v) is 4.77. The van der Waals surface area contributed by atoms with Gasteiger partial charge in [0.25, 0.3) is 5.91 Å². The molecule has 1 fully saturated rings. The number of hydrogen-bond donors (Lipinski definition) is 2. The molecule has 0 spiro atoms. The highest BCUT2D eigenvalue weighted by molar-refractivity contribution is 5.95. The first-order valence-corrected chi connectivity index (χ1v) is 9.57. The van der Waals surface area contributed by atoms with Crippen LogP contribution in [0.2, 0.25) is 0 Å². The van der Waals surface area contributed by atoms with Gasteiger partial charge >= 0.3 is 5.97 Å². The number of ether oxygens (including phenoxy) is 1. The van der Waals surface area contributed by atoms with Gasteiger partial charge < -0.3 is 20.1 Å². The minimum Gasteiger partial charge on any atom is -0.484 e. The Bertz CT molecular complexity index is 894. The number of benzene rings is 2. The van der Waals surface area contributed by atoms with Crippen molar-refractivity contribution in [1.29, 1.82) is 0 Å². The lowest BCUT2D eigenvalue weighted by Gasteiger charge is -2.16. The number of amides is 2. The van der Waals surface area contributed by atoms with E-state index in [-0.39, 0.29) is 18.4 Å². The molecule has 1 aliphatic rings. The summed E-state index contributed by atoms with van der Waals surface area (Å²) in [6.45, 7) is 2.20. The summed E-state index contributed by atoms with van der Waals surface area (Å²) in [6.07, 6.45) is 1.84. The number of aliphatic carboxylic acids is 1. The highest BCUT2D eigenvalue weighted by Crippen LogP contribution is 2.25. The Morgan fingerprint density at radius 3 is 2.62 bits per heavy atom.